The molecule has 0 aliphatic heterocycles. The van der Waals surface area contributed by atoms with Gasteiger partial charge in [0.25, 0.3) is 0 Å². The summed E-state index contributed by atoms with van der Waals surface area (Å²) >= 11 is 3.54. The highest BCUT2D eigenvalue weighted by atomic mass is 79.9. The first-order valence-corrected chi connectivity index (χ1v) is 8.23. The Morgan fingerprint density at radius 1 is 1.41 bits per heavy atom. The zero-order chi connectivity index (χ0) is 12.6. The van der Waals surface area contributed by atoms with Crippen molar-refractivity contribution in [1.82, 2.24) is 4.31 Å². The van der Waals surface area contributed by atoms with Crippen molar-refractivity contribution in [3.05, 3.63) is 33.8 Å². The van der Waals surface area contributed by atoms with E-state index in [0.29, 0.717) is 0 Å². The van der Waals surface area contributed by atoms with Crippen LogP contribution in [0.15, 0.2) is 22.7 Å². The minimum absolute atomic E-state index is 0.0798. The van der Waals surface area contributed by atoms with E-state index < -0.39 is 10.0 Å². The van der Waals surface area contributed by atoms with Gasteiger partial charge >= 0.3 is 0 Å². The minimum atomic E-state index is -3.10. The van der Waals surface area contributed by atoms with Crippen molar-refractivity contribution in [1.29, 1.82) is 0 Å². The molecule has 1 aromatic carbocycles. The number of hydrogen-bond acceptors (Lipinski definition) is 2. The minimum Gasteiger partial charge on any atom is -0.213 e. The van der Waals surface area contributed by atoms with E-state index >= 15 is 0 Å². The molecule has 17 heavy (non-hydrogen) atoms. The van der Waals surface area contributed by atoms with Gasteiger partial charge in [-0.25, -0.2) is 12.7 Å². The molecule has 1 aromatic rings. The average Bonchev–Trinajstić information content (AvgIpc) is 2.27. The third-order valence-electron chi connectivity index (χ3n) is 3.44. The summed E-state index contributed by atoms with van der Waals surface area (Å²) in [4.78, 5) is 0. The van der Waals surface area contributed by atoms with Gasteiger partial charge in [0.15, 0.2) is 0 Å². The molecule has 0 amide bonds. The normalized spacial score (nSPS) is 20.4. The molecule has 0 aromatic heterocycles. The molecule has 0 radical (unpaired) electrons. The van der Waals surface area contributed by atoms with E-state index in [9.17, 15) is 8.42 Å². The maximum atomic E-state index is 11.5. The molecule has 0 bridgehead atoms. The van der Waals surface area contributed by atoms with Crippen molar-refractivity contribution in [3.8, 4) is 0 Å². The van der Waals surface area contributed by atoms with Crippen molar-refractivity contribution in [2.45, 2.75) is 25.3 Å². The lowest BCUT2D eigenvalue weighted by atomic mass is 9.88. The number of likely N-dealkylation sites (N-methyl/N-ethyl adjacent to an activating group) is 1. The molecule has 0 saturated carbocycles. The number of sulfonamides is 1. The Balaban J connectivity index is 2.27. The van der Waals surface area contributed by atoms with Gasteiger partial charge in [0.1, 0.15) is 0 Å². The maximum absolute atomic E-state index is 11.5. The second-order valence-electron chi connectivity index (χ2n) is 4.55. The van der Waals surface area contributed by atoms with Gasteiger partial charge in [-0.15, -0.1) is 0 Å². The van der Waals surface area contributed by atoms with Crippen LogP contribution in [0.1, 0.15) is 17.5 Å². The number of aryl methyl sites for hydroxylation is 1. The van der Waals surface area contributed by atoms with Crippen LogP contribution in [0.5, 0.6) is 0 Å². The van der Waals surface area contributed by atoms with E-state index in [1.807, 2.05) is 12.1 Å². The summed E-state index contributed by atoms with van der Waals surface area (Å²) in [5.74, 6) is 0. The Morgan fingerprint density at radius 2 is 2.12 bits per heavy atom. The zero-order valence-corrected chi connectivity index (χ0v) is 12.4. The van der Waals surface area contributed by atoms with Gasteiger partial charge in [0.05, 0.1) is 6.26 Å². The van der Waals surface area contributed by atoms with Crippen LogP contribution < -0.4 is 0 Å². The Bertz CT molecular complexity index is 527. The van der Waals surface area contributed by atoms with Crippen LogP contribution in [0.4, 0.5) is 0 Å². The molecular weight excluding hydrogens is 302 g/mol. The van der Waals surface area contributed by atoms with Crippen LogP contribution >= 0.6 is 15.9 Å². The number of halogens is 1. The standard InChI is InChI=1S/C12H16BrNO2S/c1-14(17(2,15)16)10-7-6-9-4-3-5-12(13)11(9)8-10/h3-5,10H,6-8H2,1-2H3. The predicted octanol–water partition coefficient (Wildman–Crippen LogP) is 2.20. The lowest BCUT2D eigenvalue weighted by Crippen LogP contribution is -2.40. The first-order chi connectivity index (χ1) is 7.89. The van der Waals surface area contributed by atoms with E-state index in [0.717, 1.165) is 23.7 Å². The molecule has 2 rings (SSSR count). The number of nitrogens with zero attached hydrogens (tertiary/aromatic N) is 1. The van der Waals surface area contributed by atoms with Gasteiger partial charge in [-0.1, -0.05) is 28.1 Å². The Hall–Kier alpha value is -0.390. The summed E-state index contributed by atoms with van der Waals surface area (Å²) in [6.07, 6.45) is 3.90. The Morgan fingerprint density at radius 3 is 2.76 bits per heavy atom. The summed E-state index contributed by atoms with van der Waals surface area (Å²) in [6.45, 7) is 0. The Labute approximate surface area is 111 Å². The van der Waals surface area contributed by atoms with Crippen molar-refractivity contribution >= 4 is 26.0 Å². The molecule has 0 heterocycles. The largest absolute Gasteiger partial charge is 0.213 e. The first kappa shape index (κ1) is 13.1. The number of hydrogen-bond donors (Lipinski definition) is 0. The second kappa shape index (κ2) is 4.71. The molecular formula is C12H16BrNO2S. The van der Waals surface area contributed by atoms with Crippen molar-refractivity contribution in [3.63, 3.8) is 0 Å². The zero-order valence-electron chi connectivity index (χ0n) is 9.98. The SMILES string of the molecule is CN(C1CCc2cccc(Br)c2C1)S(C)(=O)=O. The number of benzene rings is 1. The van der Waals surface area contributed by atoms with E-state index in [-0.39, 0.29) is 6.04 Å². The van der Waals surface area contributed by atoms with Crippen LogP contribution in [0.3, 0.4) is 0 Å². The molecule has 0 saturated heterocycles. The Kier molecular flexibility index (Phi) is 3.61. The van der Waals surface area contributed by atoms with Gasteiger partial charge in [0.2, 0.25) is 10.0 Å². The van der Waals surface area contributed by atoms with Crippen LogP contribution in [0, 0.1) is 0 Å². The van der Waals surface area contributed by atoms with Crippen LogP contribution in [0.25, 0.3) is 0 Å². The van der Waals surface area contributed by atoms with Crippen LogP contribution in [-0.2, 0) is 22.9 Å². The summed E-state index contributed by atoms with van der Waals surface area (Å²) in [5, 5.41) is 0. The summed E-state index contributed by atoms with van der Waals surface area (Å²) in [6, 6.07) is 6.25. The lowest BCUT2D eigenvalue weighted by molar-refractivity contribution is 0.338. The first-order valence-electron chi connectivity index (χ1n) is 5.59. The molecule has 5 heteroatoms. The lowest BCUT2D eigenvalue weighted by Gasteiger charge is -2.31. The predicted molar refractivity (Wildman–Crippen MR) is 72.6 cm³/mol. The summed E-state index contributed by atoms with van der Waals surface area (Å²) in [5.41, 5.74) is 2.58. The van der Waals surface area contributed by atoms with Gasteiger partial charge in [-0.3, -0.25) is 0 Å². The van der Waals surface area contributed by atoms with Gasteiger partial charge in [-0.05, 0) is 36.5 Å². The summed E-state index contributed by atoms with van der Waals surface area (Å²) < 4.78 is 25.7. The molecule has 0 spiro atoms. The van der Waals surface area contributed by atoms with E-state index in [1.165, 1.54) is 21.7 Å². The topological polar surface area (TPSA) is 37.4 Å². The smallest absolute Gasteiger partial charge is 0.211 e. The summed E-state index contributed by atoms with van der Waals surface area (Å²) in [7, 11) is -1.43. The molecule has 1 unspecified atom stereocenters. The molecule has 1 atom stereocenters. The molecule has 0 N–H and O–H groups in total. The molecule has 0 fully saturated rings. The highest BCUT2D eigenvalue weighted by molar-refractivity contribution is 9.10. The van der Waals surface area contributed by atoms with Gasteiger partial charge < -0.3 is 0 Å². The molecule has 3 nitrogen and oxygen atoms in total. The second-order valence-corrected chi connectivity index (χ2v) is 7.45. The van der Waals surface area contributed by atoms with Gasteiger partial charge in [-0.2, -0.15) is 0 Å². The maximum Gasteiger partial charge on any atom is 0.211 e. The fourth-order valence-corrected chi connectivity index (χ4v) is 3.60. The van der Waals surface area contributed by atoms with E-state index in [1.54, 1.807) is 7.05 Å². The number of rotatable bonds is 2. The van der Waals surface area contributed by atoms with Crippen molar-refractivity contribution < 1.29 is 8.42 Å². The fraction of sp³-hybridized carbons (Fsp3) is 0.500. The fourth-order valence-electron chi connectivity index (χ4n) is 2.31. The average molecular weight is 318 g/mol. The monoisotopic (exact) mass is 317 g/mol. The van der Waals surface area contributed by atoms with Crippen LogP contribution in [-0.4, -0.2) is 32.1 Å². The number of fused-ring (bicyclic) bond motifs is 1. The van der Waals surface area contributed by atoms with Crippen molar-refractivity contribution in [2.24, 2.45) is 0 Å². The third-order valence-corrected chi connectivity index (χ3v) is 5.53. The highest BCUT2D eigenvalue weighted by Gasteiger charge is 2.27. The molecule has 1 aliphatic carbocycles. The quantitative estimate of drug-likeness (QED) is 0.838. The molecule has 1 aliphatic rings. The third kappa shape index (κ3) is 2.72. The van der Waals surface area contributed by atoms with Crippen LogP contribution in [0.2, 0.25) is 0 Å². The highest BCUT2D eigenvalue weighted by Crippen LogP contribution is 2.30. The van der Waals surface area contributed by atoms with E-state index in [4.69, 9.17) is 0 Å². The van der Waals surface area contributed by atoms with E-state index in [2.05, 4.69) is 22.0 Å². The molecule has 94 valence electrons. The van der Waals surface area contributed by atoms with Crippen molar-refractivity contribution in [2.75, 3.05) is 13.3 Å². The van der Waals surface area contributed by atoms with Gasteiger partial charge in [0, 0.05) is 17.6 Å².